The first-order chi connectivity index (χ1) is 9.31. The summed E-state index contributed by atoms with van der Waals surface area (Å²) in [5.74, 6) is -1.63. The minimum Gasteiger partial charge on any atom is -0.496 e. The highest BCUT2D eigenvalue weighted by Gasteiger charge is 2.34. The van der Waals surface area contributed by atoms with Crippen LogP contribution in [0.15, 0.2) is 24.3 Å². The van der Waals surface area contributed by atoms with Crippen molar-refractivity contribution in [2.45, 2.75) is 6.18 Å². The van der Waals surface area contributed by atoms with Crippen molar-refractivity contribution in [2.24, 2.45) is 0 Å². The van der Waals surface area contributed by atoms with Gasteiger partial charge in [0.15, 0.2) is 0 Å². The van der Waals surface area contributed by atoms with E-state index in [1.807, 2.05) is 0 Å². The monoisotopic (exact) mass is 304 g/mol. The Morgan fingerprint density at radius 2 is 1.95 bits per heavy atom. The van der Waals surface area contributed by atoms with Crippen LogP contribution in [-0.2, 0) is 6.18 Å². The molecule has 8 heteroatoms. The van der Waals surface area contributed by atoms with Gasteiger partial charge in [-0.05, 0) is 24.3 Å². The van der Waals surface area contributed by atoms with Gasteiger partial charge in [0.2, 0.25) is 5.82 Å². The third-order valence-corrected chi connectivity index (χ3v) is 2.67. The van der Waals surface area contributed by atoms with E-state index >= 15 is 0 Å². The van der Waals surface area contributed by atoms with E-state index in [2.05, 4.69) is 9.97 Å². The second-order valence-corrected chi connectivity index (χ2v) is 4.24. The fourth-order valence-corrected chi connectivity index (χ4v) is 1.84. The molecule has 2 aromatic rings. The molecule has 0 aliphatic heterocycles. The lowest BCUT2D eigenvalue weighted by Crippen LogP contribution is -2.11. The van der Waals surface area contributed by atoms with E-state index < -0.39 is 17.8 Å². The predicted octanol–water partition coefficient (Wildman–Crippen LogP) is 3.97. The molecule has 1 aromatic carbocycles. The molecule has 0 unspecified atom stereocenters. The van der Waals surface area contributed by atoms with E-state index in [0.29, 0.717) is 0 Å². The van der Waals surface area contributed by atoms with Crippen LogP contribution in [0.3, 0.4) is 0 Å². The van der Waals surface area contributed by atoms with Crippen LogP contribution in [0.4, 0.5) is 17.6 Å². The first-order valence-electron chi connectivity index (χ1n) is 5.34. The molecule has 0 saturated carbocycles. The van der Waals surface area contributed by atoms with Crippen LogP contribution in [0.25, 0.3) is 11.3 Å². The summed E-state index contributed by atoms with van der Waals surface area (Å²) >= 11 is 4.70. The maximum Gasteiger partial charge on any atom is 0.449 e. The van der Waals surface area contributed by atoms with Gasteiger partial charge in [-0.2, -0.15) is 13.2 Å². The third kappa shape index (κ3) is 2.96. The molecule has 0 saturated heterocycles. The summed E-state index contributed by atoms with van der Waals surface area (Å²) in [6.07, 6.45) is -4.68. The first-order valence-corrected chi connectivity index (χ1v) is 5.74. The van der Waals surface area contributed by atoms with Crippen molar-refractivity contribution >= 4 is 12.2 Å². The molecule has 20 heavy (non-hydrogen) atoms. The molecule has 1 N–H and O–H groups in total. The Morgan fingerprint density at radius 3 is 2.55 bits per heavy atom. The van der Waals surface area contributed by atoms with Gasteiger partial charge in [0.1, 0.15) is 16.2 Å². The zero-order chi connectivity index (χ0) is 14.9. The highest BCUT2D eigenvalue weighted by atomic mass is 32.1. The quantitative estimate of drug-likeness (QED) is 0.674. The molecule has 1 aromatic heterocycles. The number of halogens is 4. The summed E-state index contributed by atoms with van der Waals surface area (Å²) < 4.78 is 56.1. The van der Waals surface area contributed by atoms with Crippen LogP contribution in [0, 0.1) is 10.5 Å². The van der Waals surface area contributed by atoms with Gasteiger partial charge >= 0.3 is 6.18 Å². The number of H-pyrrole nitrogens is 1. The fourth-order valence-electron chi connectivity index (χ4n) is 1.63. The number of alkyl halides is 3. The summed E-state index contributed by atoms with van der Waals surface area (Å²) in [5, 5.41) is 0. The first kappa shape index (κ1) is 14.4. The van der Waals surface area contributed by atoms with Crippen LogP contribution in [0.1, 0.15) is 5.82 Å². The van der Waals surface area contributed by atoms with Crippen molar-refractivity contribution in [3.05, 3.63) is 40.5 Å². The molecule has 0 fully saturated rings. The topological polar surface area (TPSA) is 37.9 Å². The zero-order valence-electron chi connectivity index (χ0n) is 10.1. The Morgan fingerprint density at radius 1 is 1.25 bits per heavy atom. The van der Waals surface area contributed by atoms with Crippen LogP contribution in [-0.4, -0.2) is 17.1 Å². The minimum atomic E-state index is -4.68. The highest BCUT2D eigenvalue weighted by Crippen LogP contribution is 2.32. The van der Waals surface area contributed by atoms with Crippen molar-refractivity contribution in [2.75, 3.05) is 7.11 Å². The van der Waals surface area contributed by atoms with Gasteiger partial charge in [-0.15, -0.1) is 0 Å². The predicted molar refractivity (Wildman–Crippen MR) is 66.4 cm³/mol. The van der Waals surface area contributed by atoms with Gasteiger partial charge in [0.05, 0.1) is 12.8 Å². The number of benzene rings is 1. The summed E-state index contributed by atoms with van der Waals surface area (Å²) in [5.41, 5.74) is 0.111. The molecule has 106 valence electrons. The summed E-state index contributed by atoms with van der Waals surface area (Å²) in [7, 11) is 1.33. The van der Waals surface area contributed by atoms with E-state index in [1.165, 1.54) is 19.2 Å². The summed E-state index contributed by atoms with van der Waals surface area (Å²) in [6.45, 7) is 0. The van der Waals surface area contributed by atoms with E-state index in [9.17, 15) is 17.6 Å². The van der Waals surface area contributed by atoms with Gasteiger partial charge in [0.25, 0.3) is 0 Å². The lowest BCUT2D eigenvalue weighted by Gasteiger charge is -2.11. The summed E-state index contributed by atoms with van der Waals surface area (Å²) in [4.78, 5) is 5.30. The van der Waals surface area contributed by atoms with Crippen molar-refractivity contribution in [1.29, 1.82) is 0 Å². The molecular formula is C12H8F4N2OS. The number of methoxy groups -OCH3 is 1. The average molecular weight is 304 g/mol. The maximum absolute atomic E-state index is 13.3. The SMILES string of the molecule is COc1ccc(F)cc1-c1cc(=S)nc(C(F)(F)F)[nH]1. The molecule has 0 amide bonds. The largest absolute Gasteiger partial charge is 0.496 e. The lowest BCUT2D eigenvalue weighted by molar-refractivity contribution is -0.145. The molecule has 0 bridgehead atoms. The Kier molecular flexibility index (Phi) is 3.76. The minimum absolute atomic E-state index is 0.0197. The third-order valence-electron chi connectivity index (χ3n) is 2.46. The molecule has 3 nitrogen and oxygen atoms in total. The zero-order valence-corrected chi connectivity index (χ0v) is 10.9. The van der Waals surface area contributed by atoms with Crippen LogP contribution >= 0.6 is 12.2 Å². The maximum atomic E-state index is 13.3. The van der Waals surface area contributed by atoms with Crippen molar-refractivity contribution in [1.82, 2.24) is 9.97 Å². The number of nitrogens with zero attached hydrogens (tertiary/aromatic N) is 1. The van der Waals surface area contributed by atoms with Crippen LogP contribution in [0.2, 0.25) is 0 Å². The number of nitrogens with one attached hydrogen (secondary N) is 1. The Hall–Kier alpha value is -1.96. The number of hydrogen-bond donors (Lipinski definition) is 1. The second kappa shape index (κ2) is 5.20. The van der Waals surface area contributed by atoms with Gasteiger partial charge in [-0.3, -0.25) is 0 Å². The van der Waals surface area contributed by atoms with Gasteiger partial charge in [0, 0.05) is 5.56 Å². The molecular weight excluding hydrogens is 296 g/mol. The van der Waals surface area contributed by atoms with E-state index in [-0.39, 0.29) is 21.6 Å². The normalized spacial score (nSPS) is 11.4. The van der Waals surface area contributed by atoms with Gasteiger partial charge in [-0.25, -0.2) is 9.37 Å². The van der Waals surface area contributed by atoms with Crippen LogP contribution < -0.4 is 4.74 Å². The Labute approximate surface area is 116 Å². The molecule has 0 aliphatic rings. The number of rotatable bonds is 2. The second-order valence-electron chi connectivity index (χ2n) is 3.82. The molecule has 2 rings (SSSR count). The smallest absolute Gasteiger partial charge is 0.449 e. The molecule has 0 atom stereocenters. The standard InChI is InChI=1S/C12H8F4N2OS/c1-19-9-3-2-6(13)4-7(9)8-5-10(20)18-11(17-8)12(14,15)16/h2-5H,1H3,(H,17,18,20). The molecule has 0 radical (unpaired) electrons. The van der Waals surface area contributed by atoms with Crippen LogP contribution in [0.5, 0.6) is 5.75 Å². The number of hydrogen-bond acceptors (Lipinski definition) is 3. The molecule has 0 aliphatic carbocycles. The van der Waals surface area contributed by atoms with Gasteiger partial charge < -0.3 is 9.72 Å². The lowest BCUT2D eigenvalue weighted by atomic mass is 10.1. The average Bonchev–Trinajstić information content (AvgIpc) is 2.37. The highest BCUT2D eigenvalue weighted by molar-refractivity contribution is 7.71. The van der Waals surface area contributed by atoms with Gasteiger partial charge in [-0.1, -0.05) is 12.2 Å². The van der Waals surface area contributed by atoms with E-state index in [4.69, 9.17) is 17.0 Å². The van der Waals surface area contributed by atoms with Crippen molar-refractivity contribution in [3.63, 3.8) is 0 Å². The van der Waals surface area contributed by atoms with E-state index in [1.54, 1.807) is 0 Å². The fraction of sp³-hybridized carbons (Fsp3) is 0.167. The van der Waals surface area contributed by atoms with Crippen molar-refractivity contribution in [3.8, 4) is 17.0 Å². The van der Waals surface area contributed by atoms with E-state index in [0.717, 1.165) is 12.1 Å². The van der Waals surface area contributed by atoms with Crippen molar-refractivity contribution < 1.29 is 22.3 Å². The Bertz CT molecular complexity index is 697. The Balaban J connectivity index is 2.67. The number of aromatic nitrogens is 2. The molecule has 1 heterocycles. The number of ether oxygens (including phenoxy) is 1. The summed E-state index contributed by atoms with van der Waals surface area (Å²) in [6, 6.07) is 4.72. The number of aromatic amines is 1. The molecule has 0 spiro atoms.